The van der Waals surface area contributed by atoms with Crippen LogP contribution in [0.1, 0.15) is 54.6 Å². The van der Waals surface area contributed by atoms with Gasteiger partial charge < -0.3 is 5.11 Å². The molecule has 1 aliphatic carbocycles. The van der Waals surface area contributed by atoms with Crippen molar-refractivity contribution < 1.29 is 5.11 Å². The minimum atomic E-state index is -0.532. The number of nitrogens with zero attached hydrogens (tertiary/aromatic N) is 3. The number of pyridine rings is 1. The summed E-state index contributed by atoms with van der Waals surface area (Å²) in [6.07, 6.45) is 10.6. The predicted octanol–water partition coefficient (Wildman–Crippen LogP) is 2.98. The number of aryl methyl sites for hydroxylation is 1. The Morgan fingerprint density at radius 2 is 2.15 bits per heavy atom. The van der Waals surface area contributed by atoms with E-state index in [1.165, 1.54) is 25.7 Å². The summed E-state index contributed by atoms with van der Waals surface area (Å²) >= 11 is 0. The molecular formula is C16H21N3O. The molecule has 20 heavy (non-hydrogen) atoms. The van der Waals surface area contributed by atoms with Crippen molar-refractivity contribution in [2.45, 2.75) is 51.2 Å². The van der Waals surface area contributed by atoms with Crippen LogP contribution in [-0.4, -0.2) is 19.9 Å². The van der Waals surface area contributed by atoms with Gasteiger partial charge in [0.25, 0.3) is 0 Å². The summed E-state index contributed by atoms with van der Waals surface area (Å²) < 4.78 is 2.07. The lowest BCUT2D eigenvalue weighted by molar-refractivity contribution is 0.175. The van der Waals surface area contributed by atoms with Crippen LogP contribution in [0.2, 0.25) is 0 Å². The molecule has 2 aromatic heterocycles. The molecule has 0 amide bonds. The maximum absolute atomic E-state index is 10.3. The van der Waals surface area contributed by atoms with Gasteiger partial charge in [0.05, 0.1) is 17.8 Å². The average molecular weight is 271 g/mol. The van der Waals surface area contributed by atoms with Crippen molar-refractivity contribution >= 4 is 0 Å². The van der Waals surface area contributed by atoms with E-state index in [1.807, 2.05) is 25.3 Å². The highest BCUT2D eigenvalue weighted by Crippen LogP contribution is 2.29. The second kappa shape index (κ2) is 5.75. The lowest BCUT2D eigenvalue weighted by atomic mass is 10.0. The molecule has 0 aromatic carbocycles. The van der Waals surface area contributed by atoms with Crippen LogP contribution in [0.4, 0.5) is 0 Å². The second-order valence-corrected chi connectivity index (χ2v) is 5.68. The molecule has 1 aliphatic rings. The number of aromatic nitrogens is 3. The Labute approximate surface area is 119 Å². The first-order valence-corrected chi connectivity index (χ1v) is 7.36. The van der Waals surface area contributed by atoms with Gasteiger partial charge in [-0.2, -0.15) is 5.10 Å². The van der Waals surface area contributed by atoms with Crippen LogP contribution in [0.3, 0.4) is 0 Å². The maximum atomic E-state index is 10.3. The summed E-state index contributed by atoms with van der Waals surface area (Å²) in [6.45, 7) is 2.00. The molecule has 0 bridgehead atoms. The Bertz CT molecular complexity index is 573. The van der Waals surface area contributed by atoms with Crippen molar-refractivity contribution in [2.75, 3.05) is 0 Å². The molecule has 1 saturated carbocycles. The molecule has 1 unspecified atom stereocenters. The summed E-state index contributed by atoms with van der Waals surface area (Å²) in [5.41, 5.74) is 2.92. The van der Waals surface area contributed by atoms with Gasteiger partial charge in [0.15, 0.2) is 0 Å². The lowest BCUT2D eigenvalue weighted by Gasteiger charge is -2.12. The van der Waals surface area contributed by atoms with Gasteiger partial charge in [-0.25, -0.2) is 0 Å². The summed E-state index contributed by atoms with van der Waals surface area (Å²) in [4.78, 5) is 4.09. The number of rotatable bonds is 4. The molecule has 0 radical (unpaired) electrons. The van der Waals surface area contributed by atoms with Crippen LogP contribution in [-0.2, 0) is 6.42 Å². The number of hydrogen-bond donors (Lipinski definition) is 1. The molecule has 0 spiro atoms. The van der Waals surface area contributed by atoms with Gasteiger partial charge in [0.2, 0.25) is 0 Å². The normalized spacial score (nSPS) is 17.5. The van der Waals surface area contributed by atoms with E-state index < -0.39 is 6.10 Å². The highest BCUT2D eigenvalue weighted by molar-refractivity contribution is 5.24. The Morgan fingerprint density at radius 3 is 2.90 bits per heavy atom. The van der Waals surface area contributed by atoms with Crippen LogP contribution >= 0.6 is 0 Å². The SMILES string of the molecule is Cc1ccncc1C(O)Cc1ccn(C2CCCC2)n1. The van der Waals surface area contributed by atoms with Crippen LogP contribution in [0.5, 0.6) is 0 Å². The molecule has 106 valence electrons. The van der Waals surface area contributed by atoms with E-state index in [-0.39, 0.29) is 0 Å². The third kappa shape index (κ3) is 2.75. The predicted molar refractivity (Wildman–Crippen MR) is 77.4 cm³/mol. The number of aliphatic hydroxyl groups excluding tert-OH is 1. The Balaban J connectivity index is 1.70. The van der Waals surface area contributed by atoms with E-state index in [1.54, 1.807) is 12.4 Å². The van der Waals surface area contributed by atoms with Crippen molar-refractivity contribution in [3.8, 4) is 0 Å². The molecule has 1 atom stereocenters. The molecule has 2 aromatic rings. The van der Waals surface area contributed by atoms with E-state index in [4.69, 9.17) is 0 Å². The van der Waals surface area contributed by atoms with E-state index in [0.717, 1.165) is 16.8 Å². The summed E-state index contributed by atoms with van der Waals surface area (Å²) in [6, 6.07) is 4.50. The third-order valence-electron chi connectivity index (χ3n) is 4.20. The standard InChI is InChI=1S/C16H21N3O/c1-12-6-8-17-11-15(12)16(20)10-13-7-9-19(18-13)14-4-2-3-5-14/h6-9,11,14,16,20H,2-5,10H2,1H3. The van der Waals surface area contributed by atoms with E-state index in [0.29, 0.717) is 12.5 Å². The quantitative estimate of drug-likeness (QED) is 0.930. The molecule has 2 heterocycles. The van der Waals surface area contributed by atoms with Gasteiger partial charge in [0.1, 0.15) is 0 Å². The van der Waals surface area contributed by atoms with Gasteiger partial charge >= 0.3 is 0 Å². The summed E-state index contributed by atoms with van der Waals surface area (Å²) in [7, 11) is 0. The number of aliphatic hydroxyl groups is 1. The van der Waals surface area contributed by atoms with Crippen LogP contribution in [0.15, 0.2) is 30.7 Å². The zero-order valence-electron chi connectivity index (χ0n) is 11.9. The minimum absolute atomic E-state index is 0.532. The molecule has 4 nitrogen and oxygen atoms in total. The first-order valence-electron chi connectivity index (χ1n) is 7.36. The van der Waals surface area contributed by atoms with Crippen molar-refractivity contribution in [3.63, 3.8) is 0 Å². The molecular weight excluding hydrogens is 250 g/mol. The highest BCUT2D eigenvalue weighted by Gasteiger charge is 2.18. The molecule has 1 N–H and O–H groups in total. The van der Waals surface area contributed by atoms with Crippen LogP contribution in [0.25, 0.3) is 0 Å². The van der Waals surface area contributed by atoms with Crippen LogP contribution < -0.4 is 0 Å². The van der Waals surface area contributed by atoms with E-state index in [9.17, 15) is 5.11 Å². The summed E-state index contributed by atoms with van der Waals surface area (Å²) in [5.74, 6) is 0. The first-order chi connectivity index (χ1) is 9.74. The largest absolute Gasteiger partial charge is 0.388 e. The topological polar surface area (TPSA) is 50.9 Å². The Hall–Kier alpha value is -1.68. The zero-order valence-corrected chi connectivity index (χ0v) is 11.9. The van der Waals surface area contributed by atoms with Crippen molar-refractivity contribution in [3.05, 3.63) is 47.5 Å². The molecule has 4 heteroatoms. The van der Waals surface area contributed by atoms with Crippen molar-refractivity contribution in [1.82, 2.24) is 14.8 Å². The smallest absolute Gasteiger partial charge is 0.0863 e. The van der Waals surface area contributed by atoms with Gasteiger partial charge in [0, 0.05) is 30.6 Å². The second-order valence-electron chi connectivity index (χ2n) is 5.68. The Morgan fingerprint density at radius 1 is 1.35 bits per heavy atom. The van der Waals surface area contributed by atoms with E-state index >= 15 is 0 Å². The highest BCUT2D eigenvalue weighted by atomic mass is 16.3. The zero-order chi connectivity index (χ0) is 13.9. The van der Waals surface area contributed by atoms with Crippen LogP contribution in [0, 0.1) is 6.92 Å². The Kier molecular flexibility index (Phi) is 3.83. The van der Waals surface area contributed by atoms with Crippen molar-refractivity contribution in [1.29, 1.82) is 0 Å². The average Bonchev–Trinajstić information content (AvgIpc) is 3.09. The van der Waals surface area contributed by atoms with Gasteiger partial charge in [-0.05, 0) is 37.5 Å². The monoisotopic (exact) mass is 271 g/mol. The lowest BCUT2D eigenvalue weighted by Crippen LogP contribution is -2.08. The van der Waals surface area contributed by atoms with Gasteiger partial charge in [-0.3, -0.25) is 9.67 Å². The van der Waals surface area contributed by atoms with Gasteiger partial charge in [-0.15, -0.1) is 0 Å². The number of hydrogen-bond acceptors (Lipinski definition) is 3. The van der Waals surface area contributed by atoms with E-state index in [2.05, 4.69) is 14.8 Å². The van der Waals surface area contributed by atoms with Gasteiger partial charge in [-0.1, -0.05) is 12.8 Å². The maximum Gasteiger partial charge on any atom is 0.0863 e. The van der Waals surface area contributed by atoms with Crippen molar-refractivity contribution in [2.24, 2.45) is 0 Å². The fourth-order valence-electron chi connectivity index (χ4n) is 2.99. The molecule has 1 fully saturated rings. The fraction of sp³-hybridized carbons (Fsp3) is 0.500. The third-order valence-corrected chi connectivity index (χ3v) is 4.20. The molecule has 3 rings (SSSR count). The first kappa shape index (κ1) is 13.3. The fourth-order valence-corrected chi connectivity index (χ4v) is 2.99. The summed E-state index contributed by atoms with van der Waals surface area (Å²) in [5, 5.41) is 15.0. The molecule has 0 aliphatic heterocycles. The minimum Gasteiger partial charge on any atom is -0.388 e. The molecule has 0 saturated heterocycles.